The Morgan fingerprint density at radius 1 is 1.23 bits per heavy atom. The van der Waals surface area contributed by atoms with Crippen LogP contribution in [0.3, 0.4) is 0 Å². The Bertz CT molecular complexity index is 793. The second-order valence-electron chi connectivity index (χ2n) is 4.96. The molecule has 4 nitrogen and oxygen atoms in total. The van der Waals surface area contributed by atoms with Gasteiger partial charge in [0.2, 0.25) is 5.13 Å². The van der Waals surface area contributed by atoms with Crippen LogP contribution in [0.15, 0.2) is 52.0 Å². The average molecular weight is 375 g/mol. The molecule has 1 heterocycles. The van der Waals surface area contributed by atoms with Gasteiger partial charge in [-0.2, -0.15) is 5.10 Å². The molecule has 0 fully saturated rings. The van der Waals surface area contributed by atoms with Crippen molar-refractivity contribution in [2.45, 2.75) is 0 Å². The monoisotopic (exact) mass is 374 g/mol. The van der Waals surface area contributed by atoms with Gasteiger partial charge in [0.25, 0.3) is 0 Å². The van der Waals surface area contributed by atoms with E-state index in [2.05, 4.69) is 48.5 Å². The van der Waals surface area contributed by atoms with Gasteiger partial charge in [-0.05, 0) is 45.8 Å². The first-order valence-corrected chi connectivity index (χ1v) is 8.36. The normalized spacial score (nSPS) is 11.2. The van der Waals surface area contributed by atoms with Gasteiger partial charge in [0.05, 0.1) is 22.1 Å². The van der Waals surface area contributed by atoms with Gasteiger partial charge in [-0.3, -0.25) is 5.43 Å². The number of halogens is 1. The van der Waals surface area contributed by atoms with Gasteiger partial charge in [0.1, 0.15) is 0 Å². The van der Waals surface area contributed by atoms with Crippen LogP contribution < -0.4 is 10.3 Å². The molecule has 1 aromatic heterocycles. The Labute approximate surface area is 141 Å². The molecule has 2 aromatic carbocycles. The maximum atomic E-state index is 4.48. The number of nitrogens with zero attached hydrogens (tertiary/aromatic N) is 3. The predicted octanol–water partition coefficient (Wildman–Crippen LogP) is 4.57. The standard InChI is InChI=1S/C16H15BrN4S/c1-21(2)14-8-7-11(9-12(14)17)10-18-20-16-19-13-5-3-4-6-15(13)22-16/h3-10H,1-2H3,(H,19,20)/b18-10+. The van der Waals surface area contributed by atoms with E-state index in [0.29, 0.717) is 0 Å². The molecular weight excluding hydrogens is 360 g/mol. The summed E-state index contributed by atoms with van der Waals surface area (Å²) in [5, 5.41) is 5.05. The van der Waals surface area contributed by atoms with Crippen molar-refractivity contribution in [1.82, 2.24) is 4.98 Å². The molecule has 0 atom stereocenters. The minimum Gasteiger partial charge on any atom is -0.377 e. The molecule has 0 bridgehead atoms. The third kappa shape index (κ3) is 3.28. The van der Waals surface area contributed by atoms with Gasteiger partial charge < -0.3 is 4.90 Å². The number of hydrogen-bond acceptors (Lipinski definition) is 5. The number of para-hydroxylation sites is 1. The summed E-state index contributed by atoms with van der Waals surface area (Å²) < 4.78 is 2.19. The highest BCUT2D eigenvalue weighted by atomic mass is 79.9. The van der Waals surface area contributed by atoms with Gasteiger partial charge in [0, 0.05) is 18.6 Å². The summed E-state index contributed by atoms with van der Waals surface area (Å²) in [6.45, 7) is 0. The van der Waals surface area contributed by atoms with Crippen molar-refractivity contribution >= 4 is 54.5 Å². The van der Waals surface area contributed by atoms with Crippen molar-refractivity contribution in [1.29, 1.82) is 0 Å². The predicted molar refractivity (Wildman–Crippen MR) is 99.3 cm³/mol. The van der Waals surface area contributed by atoms with Crippen LogP contribution in [-0.4, -0.2) is 25.3 Å². The maximum absolute atomic E-state index is 4.48. The molecule has 0 spiro atoms. The SMILES string of the molecule is CN(C)c1ccc(/C=N/Nc2nc3ccccc3s2)cc1Br. The van der Waals surface area contributed by atoms with E-state index in [1.807, 2.05) is 44.4 Å². The summed E-state index contributed by atoms with van der Waals surface area (Å²) in [4.78, 5) is 6.54. The number of anilines is 2. The lowest BCUT2D eigenvalue weighted by Gasteiger charge is -2.14. The van der Waals surface area contributed by atoms with Crippen molar-refractivity contribution < 1.29 is 0 Å². The second-order valence-corrected chi connectivity index (χ2v) is 6.85. The number of nitrogens with one attached hydrogen (secondary N) is 1. The van der Waals surface area contributed by atoms with E-state index in [0.717, 1.165) is 31.1 Å². The zero-order valence-electron chi connectivity index (χ0n) is 12.2. The van der Waals surface area contributed by atoms with Crippen LogP contribution in [0.4, 0.5) is 10.8 Å². The van der Waals surface area contributed by atoms with Crippen LogP contribution in [0.25, 0.3) is 10.2 Å². The Morgan fingerprint density at radius 2 is 2.05 bits per heavy atom. The van der Waals surface area contributed by atoms with Crippen LogP contribution in [0.2, 0.25) is 0 Å². The molecule has 1 N–H and O–H groups in total. The minimum atomic E-state index is 0.793. The van der Waals surface area contributed by atoms with Crippen LogP contribution in [0, 0.1) is 0 Å². The lowest BCUT2D eigenvalue weighted by molar-refractivity contribution is 1.12. The van der Waals surface area contributed by atoms with Crippen LogP contribution in [-0.2, 0) is 0 Å². The van der Waals surface area contributed by atoms with E-state index < -0.39 is 0 Å². The Morgan fingerprint density at radius 3 is 2.77 bits per heavy atom. The van der Waals surface area contributed by atoms with Crippen LogP contribution in [0.1, 0.15) is 5.56 Å². The third-order valence-corrected chi connectivity index (χ3v) is 4.70. The van der Waals surface area contributed by atoms with Crippen molar-refractivity contribution in [3.63, 3.8) is 0 Å². The highest BCUT2D eigenvalue weighted by molar-refractivity contribution is 9.10. The van der Waals surface area contributed by atoms with Crippen molar-refractivity contribution in [3.05, 3.63) is 52.5 Å². The van der Waals surface area contributed by atoms with E-state index >= 15 is 0 Å². The molecule has 0 aliphatic heterocycles. The lowest BCUT2D eigenvalue weighted by atomic mass is 10.2. The molecule has 0 unspecified atom stereocenters. The molecule has 0 saturated heterocycles. The fourth-order valence-electron chi connectivity index (χ4n) is 2.05. The fourth-order valence-corrected chi connectivity index (χ4v) is 3.61. The van der Waals surface area contributed by atoms with Gasteiger partial charge in [-0.1, -0.05) is 29.5 Å². The molecule has 0 aliphatic carbocycles. The number of hydrogen-bond donors (Lipinski definition) is 1. The van der Waals surface area contributed by atoms with E-state index in [-0.39, 0.29) is 0 Å². The number of benzene rings is 2. The Hall–Kier alpha value is -1.92. The highest BCUT2D eigenvalue weighted by Gasteiger charge is 2.03. The van der Waals surface area contributed by atoms with Crippen LogP contribution in [0.5, 0.6) is 0 Å². The highest BCUT2D eigenvalue weighted by Crippen LogP contribution is 2.26. The van der Waals surface area contributed by atoms with Gasteiger partial charge in [0.15, 0.2) is 0 Å². The molecule has 112 valence electrons. The smallest absolute Gasteiger partial charge is 0.204 e. The second kappa shape index (κ2) is 6.46. The van der Waals surface area contributed by atoms with Crippen molar-refractivity contribution in [3.8, 4) is 0 Å². The first-order chi connectivity index (χ1) is 10.6. The van der Waals surface area contributed by atoms with Crippen molar-refractivity contribution in [2.24, 2.45) is 5.10 Å². The van der Waals surface area contributed by atoms with E-state index in [1.165, 1.54) is 0 Å². The number of thiazole rings is 1. The van der Waals surface area contributed by atoms with Gasteiger partial charge >= 0.3 is 0 Å². The Kier molecular flexibility index (Phi) is 4.40. The van der Waals surface area contributed by atoms with E-state index in [4.69, 9.17) is 0 Å². The van der Waals surface area contributed by atoms with Gasteiger partial charge in [-0.15, -0.1) is 0 Å². The molecule has 3 aromatic rings. The first-order valence-electron chi connectivity index (χ1n) is 6.75. The summed E-state index contributed by atoms with van der Waals surface area (Å²) in [6.07, 6.45) is 1.79. The maximum Gasteiger partial charge on any atom is 0.204 e. The van der Waals surface area contributed by atoms with Crippen LogP contribution >= 0.6 is 27.3 Å². The number of aromatic nitrogens is 1. The molecule has 6 heteroatoms. The van der Waals surface area contributed by atoms with E-state index in [1.54, 1.807) is 17.6 Å². The third-order valence-electron chi connectivity index (χ3n) is 3.12. The quantitative estimate of drug-likeness (QED) is 0.536. The molecule has 0 radical (unpaired) electrons. The molecule has 0 aliphatic rings. The molecule has 0 amide bonds. The summed E-state index contributed by atoms with van der Waals surface area (Å²) in [7, 11) is 4.03. The number of hydrazone groups is 1. The van der Waals surface area contributed by atoms with Crippen molar-refractivity contribution in [2.75, 3.05) is 24.4 Å². The topological polar surface area (TPSA) is 40.5 Å². The Balaban J connectivity index is 1.73. The van der Waals surface area contributed by atoms with Gasteiger partial charge in [-0.25, -0.2) is 4.98 Å². The zero-order chi connectivity index (χ0) is 15.5. The average Bonchev–Trinajstić information content (AvgIpc) is 2.89. The molecule has 22 heavy (non-hydrogen) atoms. The zero-order valence-corrected chi connectivity index (χ0v) is 14.6. The van der Waals surface area contributed by atoms with E-state index in [9.17, 15) is 0 Å². The minimum absolute atomic E-state index is 0.793. The number of rotatable bonds is 4. The summed E-state index contributed by atoms with van der Waals surface area (Å²) in [5.74, 6) is 0. The summed E-state index contributed by atoms with van der Waals surface area (Å²) >= 11 is 5.16. The number of fused-ring (bicyclic) bond motifs is 1. The molecular formula is C16H15BrN4S. The largest absolute Gasteiger partial charge is 0.377 e. The summed E-state index contributed by atoms with van der Waals surface area (Å²) in [5.41, 5.74) is 6.13. The first kappa shape index (κ1) is 15.0. The fraction of sp³-hybridized carbons (Fsp3) is 0.125. The lowest BCUT2D eigenvalue weighted by Crippen LogP contribution is -2.09. The summed E-state index contributed by atoms with van der Waals surface area (Å²) in [6, 6.07) is 14.2. The molecule has 0 saturated carbocycles. The molecule has 3 rings (SSSR count).